The molecule has 0 amide bonds. The highest BCUT2D eigenvalue weighted by atomic mass is 28.5. The lowest BCUT2D eigenvalue weighted by Crippen LogP contribution is -2.71. The van der Waals surface area contributed by atoms with Crippen molar-refractivity contribution in [3.8, 4) is 0 Å². The Morgan fingerprint density at radius 1 is 0.452 bits per heavy atom. The summed E-state index contributed by atoms with van der Waals surface area (Å²) in [6.45, 7) is 4.03. The standard InChI is InChI=1S/C23H30O5Si3/c1-24-29(4,21-15-9-6-10-16-21)27-31(26-3,23-19-13-8-14-20-23)28-30(5,25-2)22-17-11-7-12-18-22/h6-20H,1-5H3. The zero-order valence-corrected chi connectivity index (χ0v) is 21.7. The zero-order chi connectivity index (χ0) is 22.4. The van der Waals surface area contributed by atoms with Crippen LogP contribution in [0.2, 0.25) is 13.1 Å². The van der Waals surface area contributed by atoms with E-state index in [9.17, 15) is 0 Å². The molecule has 0 bridgehead atoms. The zero-order valence-electron chi connectivity index (χ0n) is 18.7. The maximum absolute atomic E-state index is 6.88. The summed E-state index contributed by atoms with van der Waals surface area (Å²) in [5, 5.41) is 2.88. The SMILES string of the molecule is CO[Si](C)(O[Si](OC)(O[Si](C)(OC)c1ccccc1)c1ccccc1)c1ccccc1. The molecule has 0 aliphatic rings. The topological polar surface area (TPSA) is 46.2 Å². The van der Waals surface area contributed by atoms with E-state index in [0.29, 0.717) is 0 Å². The van der Waals surface area contributed by atoms with Crippen LogP contribution in [0.1, 0.15) is 0 Å². The van der Waals surface area contributed by atoms with E-state index in [4.69, 9.17) is 21.5 Å². The monoisotopic (exact) mass is 470 g/mol. The minimum absolute atomic E-state index is 0.871. The third-order valence-electron chi connectivity index (χ3n) is 5.43. The third-order valence-corrected chi connectivity index (χ3v) is 16.6. The summed E-state index contributed by atoms with van der Waals surface area (Å²) in [5.41, 5.74) is 0. The summed E-state index contributed by atoms with van der Waals surface area (Å²) in [4.78, 5) is 0. The normalized spacial score (nSPS) is 17.3. The van der Waals surface area contributed by atoms with E-state index in [1.807, 2.05) is 104 Å². The van der Waals surface area contributed by atoms with Crippen LogP contribution >= 0.6 is 0 Å². The number of hydrogen-bond donors (Lipinski definition) is 0. The lowest BCUT2D eigenvalue weighted by molar-refractivity contribution is 0.169. The molecule has 0 fully saturated rings. The summed E-state index contributed by atoms with van der Waals surface area (Å²) >= 11 is 0. The van der Waals surface area contributed by atoms with E-state index in [1.54, 1.807) is 21.3 Å². The van der Waals surface area contributed by atoms with Gasteiger partial charge in [0.2, 0.25) is 0 Å². The van der Waals surface area contributed by atoms with Gasteiger partial charge in [0, 0.05) is 26.5 Å². The van der Waals surface area contributed by atoms with Crippen LogP contribution in [0, 0.1) is 0 Å². The van der Waals surface area contributed by atoms with Gasteiger partial charge in [0.05, 0.1) is 0 Å². The minimum atomic E-state index is -3.45. The van der Waals surface area contributed by atoms with Gasteiger partial charge in [-0.1, -0.05) is 91.0 Å². The van der Waals surface area contributed by atoms with Gasteiger partial charge in [0.25, 0.3) is 0 Å². The first kappa shape index (κ1) is 23.8. The Hall–Kier alpha value is -1.89. The molecule has 0 heterocycles. The molecule has 0 aliphatic carbocycles. The van der Waals surface area contributed by atoms with Crippen molar-refractivity contribution in [2.75, 3.05) is 21.3 Å². The number of hydrogen-bond acceptors (Lipinski definition) is 5. The van der Waals surface area contributed by atoms with Crippen LogP contribution in [0.5, 0.6) is 0 Å². The van der Waals surface area contributed by atoms with Crippen molar-refractivity contribution in [1.82, 2.24) is 0 Å². The first-order valence-corrected chi connectivity index (χ1v) is 16.5. The third kappa shape index (κ3) is 5.13. The highest BCUT2D eigenvalue weighted by Gasteiger charge is 2.56. The molecule has 0 N–H and O–H groups in total. The fraction of sp³-hybridized carbons (Fsp3) is 0.217. The summed E-state index contributed by atoms with van der Waals surface area (Å²) in [6, 6.07) is 29.9. The average Bonchev–Trinajstić information content (AvgIpc) is 2.85. The summed E-state index contributed by atoms with van der Waals surface area (Å²) in [7, 11) is -4.19. The van der Waals surface area contributed by atoms with E-state index >= 15 is 0 Å². The molecule has 0 saturated heterocycles. The van der Waals surface area contributed by atoms with E-state index in [1.165, 1.54) is 0 Å². The molecule has 0 aliphatic heterocycles. The van der Waals surface area contributed by atoms with E-state index in [2.05, 4.69) is 0 Å². The summed E-state index contributed by atoms with van der Waals surface area (Å²) in [5.74, 6) is 0. The molecule has 5 nitrogen and oxygen atoms in total. The molecule has 0 radical (unpaired) electrons. The second-order valence-electron chi connectivity index (χ2n) is 7.36. The summed E-state index contributed by atoms with van der Waals surface area (Å²) < 4.78 is 32.0. The molecule has 3 rings (SSSR count). The Morgan fingerprint density at radius 3 is 1.06 bits per heavy atom. The Morgan fingerprint density at radius 2 is 0.774 bits per heavy atom. The van der Waals surface area contributed by atoms with E-state index in [-0.39, 0.29) is 0 Å². The molecule has 31 heavy (non-hydrogen) atoms. The minimum Gasteiger partial charge on any atom is -0.395 e. The van der Waals surface area contributed by atoms with Gasteiger partial charge in [0.1, 0.15) is 0 Å². The second-order valence-corrected chi connectivity index (χ2v) is 16.8. The average molecular weight is 471 g/mol. The highest BCUT2D eigenvalue weighted by molar-refractivity contribution is 6.96. The second kappa shape index (κ2) is 10.2. The Bertz CT molecular complexity index is 890. The van der Waals surface area contributed by atoms with Gasteiger partial charge < -0.3 is 21.5 Å². The van der Waals surface area contributed by atoms with Crippen LogP contribution < -0.4 is 15.6 Å². The molecule has 0 saturated carbocycles. The van der Waals surface area contributed by atoms with Crippen LogP contribution in [0.15, 0.2) is 91.0 Å². The van der Waals surface area contributed by atoms with Crippen molar-refractivity contribution < 1.29 is 21.5 Å². The fourth-order valence-corrected chi connectivity index (χ4v) is 14.2. The van der Waals surface area contributed by atoms with E-state index < -0.39 is 25.9 Å². The van der Waals surface area contributed by atoms with Gasteiger partial charge in [0.15, 0.2) is 0 Å². The molecular formula is C23H30O5Si3. The maximum Gasteiger partial charge on any atom is 0.519 e. The van der Waals surface area contributed by atoms with Gasteiger partial charge in [-0.15, -0.1) is 0 Å². The summed E-state index contributed by atoms with van der Waals surface area (Å²) in [6.07, 6.45) is 0. The fourth-order valence-electron chi connectivity index (χ4n) is 3.41. The molecule has 0 spiro atoms. The lowest BCUT2D eigenvalue weighted by Gasteiger charge is -2.41. The van der Waals surface area contributed by atoms with Gasteiger partial charge in [-0.05, 0) is 23.5 Å². The largest absolute Gasteiger partial charge is 0.519 e. The molecule has 3 aromatic rings. The number of rotatable bonds is 10. The molecule has 2 unspecified atom stereocenters. The maximum atomic E-state index is 6.88. The smallest absolute Gasteiger partial charge is 0.395 e. The lowest BCUT2D eigenvalue weighted by atomic mass is 10.4. The highest BCUT2D eigenvalue weighted by Crippen LogP contribution is 2.23. The first-order chi connectivity index (χ1) is 14.9. The predicted molar refractivity (Wildman–Crippen MR) is 130 cm³/mol. The quantitative estimate of drug-likeness (QED) is 0.427. The van der Waals surface area contributed by atoms with Crippen molar-refractivity contribution in [3.63, 3.8) is 0 Å². The number of benzene rings is 3. The molecule has 2 atom stereocenters. The Balaban J connectivity index is 2.12. The van der Waals surface area contributed by atoms with Crippen LogP contribution in [0.4, 0.5) is 0 Å². The van der Waals surface area contributed by atoms with E-state index in [0.717, 1.165) is 15.6 Å². The molecule has 164 valence electrons. The van der Waals surface area contributed by atoms with Crippen LogP contribution in [-0.4, -0.2) is 47.3 Å². The van der Waals surface area contributed by atoms with Gasteiger partial charge >= 0.3 is 25.9 Å². The molecule has 3 aromatic carbocycles. The Kier molecular flexibility index (Phi) is 7.78. The molecule has 8 heteroatoms. The van der Waals surface area contributed by atoms with Crippen molar-refractivity contribution in [2.45, 2.75) is 13.1 Å². The first-order valence-electron chi connectivity index (χ1n) is 10.1. The predicted octanol–water partition coefficient (Wildman–Crippen LogP) is 2.76. The van der Waals surface area contributed by atoms with Crippen LogP contribution in [-0.2, 0) is 21.5 Å². The Labute approximate surface area is 188 Å². The van der Waals surface area contributed by atoms with Gasteiger partial charge in [-0.25, -0.2) is 0 Å². The van der Waals surface area contributed by atoms with Crippen molar-refractivity contribution in [2.24, 2.45) is 0 Å². The molecule has 0 aromatic heterocycles. The van der Waals surface area contributed by atoms with Crippen molar-refractivity contribution in [3.05, 3.63) is 91.0 Å². The van der Waals surface area contributed by atoms with Crippen molar-refractivity contribution in [1.29, 1.82) is 0 Å². The van der Waals surface area contributed by atoms with Crippen molar-refractivity contribution >= 4 is 41.5 Å². The molecular weight excluding hydrogens is 441 g/mol. The van der Waals surface area contributed by atoms with Crippen LogP contribution in [0.25, 0.3) is 0 Å². The van der Waals surface area contributed by atoms with Gasteiger partial charge in [-0.3, -0.25) is 0 Å². The van der Waals surface area contributed by atoms with Crippen LogP contribution in [0.3, 0.4) is 0 Å². The van der Waals surface area contributed by atoms with Gasteiger partial charge in [-0.2, -0.15) is 0 Å².